The topological polar surface area (TPSA) is 60.3 Å². The summed E-state index contributed by atoms with van der Waals surface area (Å²) >= 11 is 0. The molecule has 8 heteroatoms. The highest BCUT2D eigenvalue weighted by atomic mass is 19.4. The van der Waals surface area contributed by atoms with Crippen molar-refractivity contribution in [1.29, 1.82) is 0 Å². The number of hydrogen-bond donors (Lipinski definition) is 1. The second-order valence-corrected chi connectivity index (χ2v) is 6.00. The van der Waals surface area contributed by atoms with Crippen LogP contribution in [0.25, 0.3) is 16.6 Å². The molecule has 3 rings (SSSR count). The average molecular weight is 390 g/mol. The maximum atomic E-state index is 13.4. The van der Waals surface area contributed by atoms with Gasteiger partial charge in [-0.25, -0.2) is 4.79 Å². The first kappa shape index (κ1) is 19.5. The Labute approximate surface area is 158 Å². The summed E-state index contributed by atoms with van der Waals surface area (Å²) in [5.74, 6) is -0.488. The van der Waals surface area contributed by atoms with E-state index in [0.717, 1.165) is 6.07 Å². The number of anilines is 1. The molecule has 0 aliphatic heterocycles. The third-order valence-electron chi connectivity index (χ3n) is 4.33. The largest absolute Gasteiger partial charge is 0.462 e. The minimum atomic E-state index is -4.56. The number of rotatable bonds is 5. The molecule has 0 aliphatic rings. The van der Waals surface area contributed by atoms with Crippen molar-refractivity contribution in [2.45, 2.75) is 13.1 Å². The molecule has 28 heavy (non-hydrogen) atoms. The monoisotopic (exact) mass is 390 g/mol. The lowest BCUT2D eigenvalue weighted by atomic mass is 10.1. The number of esters is 1. The maximum absolute atomic E-state index is 13.4. The number of nitrogens with one attached hydrogen (secondary N) is 1. The lowest BCUT2D eigenvalue weighted by molar-refractivity contribution is -0.136. The van der Waals surface area contributed by atoms with Crippen molar-refractivity contribution >= 4 is 28.8 Å². The van der Waals surface area contributed by atoms with Crippen molar-refractivity contribution in [3.63, 3.8) is 0 Å². The van der Waals surface area contributed by atoms with Gasteiger partial charge in [0.05, 0.1) is 23.3 Å². The third-order valence-corrected chi connectivity index (χ3v) is 4.33. The van der Waals surface area contributed by atoms with Crippen molar-refractivity contribution in [2.24, 2.45) is 0 Å². The predicted molar refractivity (Wildman–Crippen MR) is 99.2 cm³/mol. The van der Waals surface area contributed by atoms with Crippen LogP contribution in [0.5, 0.6) is 0 Å². The van der Waals surface area contributed by atoms with Crippen molar-refractivity contribution < 1.29 is 27.5 Å². The number of halogens is 3. The molecule has 0 aliphatic carbocycles. The molecule has 0 saturated heterocycles. The van der Waals surface area contributed by atoms with Gasteiger partial charge >= 0.3 is 12.1 Å². The number of hydrogen-bond acceptors (Lipinski definition) is 4. The van der Waals surface area contributed by atoms with Crippen LogP contribution in [0.4, 0.5) is 18.9 Å². The molecule has 2 aromatic carbocycles. The molecule has 0 radical (unpaired) electrons. The number of ether oxygens (including phenoxy) is 1. The van der Waals surface area contributed by atoms with E-state index < -0.39 is 17.7 Å². The van der Waals surface area contributed by atoms with E-state index in [4.69, 9.17) is 4.74 Å². The molecular formula is C20H17F3N2O3. The smallest absolute Gasteiger partial charge is 0.418 e. The van der Waals surface area contributed by atoms with E-state index in [1.807, 2.05) is 0 Å². The molecule has 0 fully saturated rings. The fourth-order valence-electron chi connectivity index (χ4n) is 3.02. The van der Waals surface area contributed by atoms with E-state index in [-0.39, 0.29) is 23.4 Å². The Morgan fingerprint density at radius 1 is 1.21 bits per heavy atom. The molecule has 0 unspecified atom stereocenters. The first-order valence-corrected chi connectivity index (χ1v) is 8.47. The van der Waals surface area contributed by atoms with Gasteiger partial charge in [0.25, 0.3) is 0 Å². The van der Waals surface area contributed by atoms with Gasteiger partial charge in [0.2, 0.25) is 0 Å². The fourth-order valence-corrected chi connectivity index (χ4v) is 3.02. The molecule has 146 valence electrons. The summed E-state index contributed by atoms with van der Waals surface area (Å²) in [6.45, 7) is 1.93. The van der Waals surface area contributed by atoms with Crippen LogP contribution in [-0.2, 0) is 10.9 Å². The highest BCUT2D eigenvalue weighted by Gasteiger charge is 2.34. The Morgan fingerprint density at radius 2 is 1.89 bits per heavy atom. The Hall–Kier alpha value is -3.29. The molecule has 1 N–H and O–H groups in total. The van der Waals surface area contributed by atoms with Crippen molar-refractivity contribution in [1.82, 2.24) is 4.57 Å². The zero-order chi connectivity index (χ0) is 20.5. The summed E-state index contributed by atoms with van der Waals surface area (Å²) in [6, 6.07) is 8.52. The molecule has 0 amide bonds. The summed E-state index contributed by atoms with van der Waals surface area (Å²) in [5, 5.41) is 2.92. The summed E-state index contributed by atoms with van der Waals surface area (Å²) in [4.78, 5) is 23.2. The van der Waals surface area contributed by atoms with Crippen LogP contribution in [0.15, 0.2) is 42.6 Å². The lowest BCUT2D eigenvalue weighted by Crippen LogP contribution is -2.09. The molecule has 0 bridgehead atoms. The van der Waals surface area contributed by atoms with E-state index in [1.165, 1.54) is 36.0 Å². The van der Waals surface area contributed by atoms with E-state index >= 15 is 0 Å². The molecule has 3 aromatic rings. The van der Waals surface area contributed by atoms with Gasteiger partial charge in [0.1, 0.15) is 0 Å². The van der Waals surface area contributed by atoms with Crippen molar-refractivity contribution in [3.8, 4) is 5.69 Å². The van der Waals surface area contributed by atoms with Crippen molar-refractivity contribution in [3.05, 3.63) is 59.3 Å². The van der Waals surface area contributed by atoms with Gasteiger partial charge in [-0.15, -0.1) is 0 Å². The number of fused-ring (bicyclic) bond motifs is 1. The number of carbonyl (C=O) groups excluding carboxylic acids is 2. The number of carbonyl (C=O) groups is 2. The van der Waals surface area contributed by atoms with E-state index in [9.17, 15) is 22.8 Å². The van der Waals surface area contributed by atoms with Gasteiger partial charge in [0.15, 0.2) is 6.29 Å². The van der Waals surface area contributed by atoms with Crippen molar-refractivity contribution in [2.75, 3.05) is 19.0 Å². The summed E-state index contributed by atoms with van der Waals surface area (Å²) in [7, 11) is 1.39. The molecular weight excluding hydrogens is 373 g/mol. The minimum Gasteiger partial charge on any atom is -0.462 e. The third kappa shape index (κ3) is 3.45. The van der Waals surface area contributed by atoms with Crippen LogP contribution in [0.3, 0.4) is 0 Å². The Bertz CT molecular complexity index is 1040. The fraction of sp³-hybridized carbons (Fsp3) is 0.200. The minimum absolute atomic E-state index is 0.112. The van der Waals surface area contributed by atoms with Crippen LogP contribution in [0, 0.1) is 0 Å². The molecule has 0 saturated carbocycles. The highest BCUT2D eigenvalue weighted by molar-refractivity contribution is 6.00. The number of alkyl halides is 3. The van der Waals surface area contributed by atoms with Gasteiger partial charge in [-0.3, -0.25) is 4.79 Å². The SMILES string of the molecule is CCOC(=O)c1ccc(-n2cc(C=O)c3cc(NC)c(C(F)(F)F)cc32)cc1. The molecule has 1 heterocycles. The van der Waals surface area contributed by atoms with Crippen LogP contribution >= 0.6 is 0 Å². The highest BCUT2D eigenvalue weighted by Crippen LogP contribution is 2.39. The lowest BCUT2D eigenvalue weighted by Gasteiger charge is -2.14. The normalized spacial score (nSPS) is 11.5. The first-order chi connectivity index (χ1) is 13.3. The van der Waals surface area contributed by atoms with Gasteiger partial charge in [-0.05, 0) is 43.3 Å². The summed E-state index contributed by atoms with van der Waals surface area (Å²) in [5.41, 5.74) is 0.385. The Balaban J connectivity index is 2.18. The van der Waals surface area contributed by atoms with Gasteiger partial charge in [0, 0.05) is 35.6 Å². The Kier molecular flexibility index (Phi) is 5.13. The van der Waals surface area contributed by atoms with E-state index in [0.29, 0.717) is 22.9 Å². The van der Waals surface area contributed by atoms with Crippen LogP contribution in [0.1, 0.15) is 33.2 Å². The quantitative estimate of drug-likeness (QED) is 0.508. The number of nitrogens with zero attached hydrogens (tertiary/aromatic N) is 1. The maximum Gasteiger partial charge on any atom is 0.418 e. The van der Waals surface area contributed by atoms with Gasteiger partial charge < -0.3 is 14.6 Å². The van der Waals surface area contributed by atoms with Gasteiger partial charge in [-0.1, -0.05) is 0 Å². The summed E-state index contributed by atoms with van der Waals surface area (Å²) < 4.78 is 46.7. The second-order valence-electron chi connectivity index (χ2n) is 6.00. The summed E-state index contributed by atoms with van der Waals surface area (Å²) in [6.07, 6.45) is -2.49. The standard InChI is InChI=1S/C20H17F3N2O3/c1-3-28-19(27)12-4-6-14(7-5-12)25-10-13(11-26)15-8-17(24-2)16(9-18(15)25)20(21,22)23/h4-11,24H,3H2,1-2H3. The zero-order valence-electron chi connectivity index (χ0n) is 15.1. The molecule has 0 atom stereocenters. The van der Waals surface area contributed by atoms with Gasteiger partial charge in [-0.2, -0.15) is 13.2 Å². The molecule has 0 spiro atoms. The number of aldehydes is 1. The van der Waals surface area contributed by atoms with E-state index in [2.05, 4.69) is 5.32 Å². The zero-order valence-corrected chi connectivity index (χ0v) is 15.1. The van der Waals surface area contributed by atoms with Crippen LogP contribution in [0.2, 0.25) is 0 Å². The molecule has 1 aromatic heterocycles. The first-order valence-electron chi connectivity index (χ1n) is 8.47. The van der Waals surface area contributed by atoms with Crippen LogP contribution in [-0.4, -0.2) is 30.5 Å². The average Bonchev–Trinajstić information content (AvgIpc) is 3.04. The number of benzene rings is 2. The van der Waals surface area contributed by atoms with Crippen LogP contribution < -0.4 is 5.32 Å². The second kappa shape index (κ2) is 7.38. The predicted octanol–water partition coefficient (Wildman–Crippen LogP) is 4.68. The Morgan fingerprint density at radius 3 is 2.43 bits per heavy atom. The molecule has 5 nitrogen and oxygen atoms in total. The van der Waals surface area contributed by atoms with E-state index in [1.54, 1.807) is 19.1 Å². The number of aromatic nitrogens is 1.